The summed E-state index contributed by atoms with van der Waals surface area (Å²) in [6.07, 6.45) is 2.53. The first-order chi connectivity index (χ1) is 10.5. The fourth-order valence-corrected chi connectivity index (χ4v) is 2.66. The zero-order chi connectivity index (χ0) is 16.1. The highest BCUT2D eigenvalue weighted by Gasteiger charge is 2.35. The molecular weight excluding hydrogens is 304 g/mol. The molecule has 22 heavy (non-hydrogen) atoms. The molecule has 1 heterocycles. The van der Waals surface area contributed by atoms with Crippen molar-refractivity contribution in [1.82, 2.24) is 4.90 Å². The molecule has 2 N–H and O–H groups in total. The predicted octanol–water partition coefficient (Wildman–Crippen LogP) is 2.00. The van der Waals surface area contributed by atoms with Crippen LogP contribution in [0.4, 0.5) is 4.79 Å². The maximum absolute atomic E-state index is 12.0. The summed E-state index contributed by atoms with van der Waals surface area (Å²) in [5, 5.41) is -0.488. The fourth-order valence-electron chi connectivity index (χ4n) is 1.82. The van der Waals surface area contributed by atoms with Crippen molar-refractivity contribution >= 4 is 34.9 Å². The zero-order valence-electron chi connectivity index (χ0n) is 12.1. The van der Waals surface area contributed by atoms with E-state index in [0.29, 0.717) is 6.61 Å². The lowest BCUT2D eigenvalue weighted by Crippen LogP contribution is -2.36. The van der Waals surface area contributed by atoms with Crippen molar-refractivity contribution in [3.8, 4) is 5.75 Å². The van der Waals surface area contributed by atoms with E-state index in [0.717, 1.165) is 34.4 Å². The SMILES string of the molecule is CCCOc1ccc(/C=C2\SC(=O)N(CC(N)=O)C2=O)cc1. The van der Waals surface area contributed by atoms with Gasteiger partial charge in [-0.05, 0) is 42.0 Å². The molecule has 1 aliphatic rings. The molecule has 0 bridgehead atoms. The maximum atomic E-state index is 12.0. The molecular formula is C15H16N2O4S. The number of imide groups is 1. The third-order valence-corrected chi connectivity index (χ3v) is 3.75. The van der Waals surface area contributed by atoms with Gasteiger partial charge in [-0.25, -0.2) is 0 Å². The van der Waals surface area contributed by atoms with Crippen LogP contribution < -0.4 is 10.5 Å². The standard InChI is InChI=1S/C15H16N2O4S/c1-2-7-21-11-5-3-10(4-6-11)8-12-14(19)17(9-13(16)18)15(20)22-12/h3-6,8H,2,7,9H2,1H3,(H2,16,18)/b12-8-. The van der Waals surface area contributed by atoms with Gasteiger partial charge < -0.3 is 10.5 Å². The van der Waals surface area contributed by atoms with Crippen molar-refractivity contribution in [2.45, 2.75) is 13.3 Å². The summed E-state index contributed by atoms with van der Waals surface area (Å²) in [5.41, 5.74) is 5.80. The Kier molecular flexibility index (Phi) is 5.21. The van der Waals surface area contributed by atoms with E-state index in [1.807, 2.05) is 6.92 Å². The number of hydrogen-bond donors (Lipinski definition) is 1. The number of primary amides is 1. The average molecular weight is 320 g/mol. The highest BCUT2D eigenvalue weighted by molar-refractivity contribution is 8.18. The van der Waals surface area contributed by atoms with Crippen LogP contribution in [0.5, 0.6) is 5.75 Å². The molecule has 1 fully saturated rings. The summed E-state index contributed by atoms with van der Waals surface area (Å²) in [7, 11) is 0. The van der Waals surface area contributed by atoms with E-state index in [9.17, 15) is 14.4 Å². The number of carbonyl (C=O) groups excluding carboxylic acids is 3. The Morgan fingerprint density at radius 3 is 2.59 bits per heavy atom. The maximum Gasteiger partial charge on any atom is 0.294 e. The molecule has 0 radical (unpaired) electrons. The van der Waals surface area contributed by atoms with Gasteiger partial charge in [-0.15, -0.1) is 0 Å². The second kappa shape index (κ2) is 7.13. The summed E-state index contributed by atoms with van der Waals surface area (Å²) >= 11 is 0.796. The number of benzene rings is 1. The van der Waals surface area contributed by atoms with Gasteiger partial charge >= 0.3 is 0 Å². The predicted molar refractivity (Wildman–Crippen MR) is 84.1 cm³/mol. The summed E-state index contributed by atoms with van der Waals surface area (Å²) in [6.45, 7) is 2.27. The summed E-state index contributed by atoms with van der Waals surface area (Å²) in [6, 6.07) is 7.20. The van der Waals surface area contributed by atoms with Crippen molar-refractivity contribution in [3.05, 3.63) is 34.7 Å². The summed E-state index contributed by atoms with van der Waals surface area (Å²) < 4.78 is 5.47. The number of carbonyl (C=O) groups is 3. The largest absolute Gasteiger partial charge is 0.494 e. The van der Waals surface area contributed by atoms with Gasteiger partial charge in [0.1, 0.15) is 12.3 Å². The lowest BCUT2D eigenvalue weighted by molar-refractivity contribution is -0.127. The van der Waals surface area contributed by atoms with E-state index in [2.05, 4.69) is 0 Å². The van der Waals surface area contributed by atoms with Gasteiger partial charge in [0.05, 0.1) is 11.5 Å². The normalized spacial score (nSPS) is 16.4. The van der Waals surface area contributed by atoms with Crippen LogP contribution >= 0.6 is 11.8 Å². The van der Waals surface area contributed by atoms with E-state index in [1.54, 1.807) is 30.3 Å². The van der Waals surface area contributed by atoms with Crippen LogP contribution in [0.15, 0.2) is 29.2 Å². The van der Waals surface area contributed by atoms with Crippen LogP contribution in [0.3, 0.4) is 0 Å². The van der Waals surface area contributed by atoms with E-state index in [4.69, 9.17) is 10.5 Å². The molecule has 1 saturated heterocycles. The molecule has 0 aromatic heterocycles. The van der Waals surface area contributed by atoms with Gasteiger partial charge in [-0.1, -0.05) is 19.1 Å². The quantitative estimate of drug-likeness (QED) is 0.810. The minimum absolute atomic E-state index is 0.272. The van der Waals surface area contributed by atoms with Gasteiger partial charge in [0.15, 0.2) is 0 Å². The Balaban J connectivity index is 2.11. The Labute approximate surface area is 132 Å². The molecule has 0 atom stereocenters. The molecule has 7 heteroatoms. The number of hydrogen-bond acceptors (Lipinski definition) is 5. The van der Waals surface area contributed by atoms with Gasteiger partial charge in [-0.3, -0.25) is 19.3 Å². The fraction of sp³-hybridized carbons (Fsp3) is 0.267. The first-order valence-corrected chi connectivity index (χ1v) is 7.59. The zero-order valence-corrected chi connectivity index (χ0v) is 12.9. The van der Waals surface area contributed by atoms with Crippen LogP contribution in [0.25, 0.3) is 6.08 Å². The highest BCUT2D eigenvalue weighted by Crippen LogP contribution is 2.32. The van der Waals surface area contributed by atoms with Crippen LogP contribution in [-0.4, -0.2) is 35.1 Å². The molecule has 1 aliphatic heterocycles. The molecule has 116 valence electrons. The average Bonchev–Trinajstić information content (AvgIpc) is 2.74. The third kappa shape index (κ3) is 3.88. The van der Waals surface area contributed by atoms with Crippen LogP contribution in [-0.2, 0) is 9.59 Å². The first-order valence-electron chi connectivity index (χ1n) is 6.77. The van der Waals surface area contributed by atoms with E-state index < -0.39 is 23.6 Å². The number of thioether (sulfide) groups is 1. The number of amides is 3. The Hall–Kier alpha value is -2.28. The summed E-state index contributed by atoms with van der Waals surface area (Å²) in [5.74, 6) is -0.470. The smallest absolute Gasteiger partial charge is 0.294 e. The third-order valence-electron chi connectivity index (χ3n) is 2.84. The number of rotatable bonds is 6. The van der Waals surface area contributed by atoms with Crippen LogP contribution in [0, 0.1) is 0 Å². The lowest BCUT2D eigenvalue weighted by atomic mass is 10.2. The number of nitrogens with two attached hydrogens (primary N) is 1. The Morgan fingerprint density at radius 1 is 1.32 bits per heavy atom. The Bertz CT molecular complexity index is 625. The van der Waals surface area contributed by atoms with Crippen LogP contribution in [0.2, 0.25) is 0 Å². The van der Waals surface area contributed by atoms with Crippen molar-refractivity contribution in [1.29, 1.82) is 0 Å². The second-order valence-corrected chi connectivity index (χ2v) is 5.64. The van der Waals surface area contributed by atoms with E-state index in [-0.39, 0.29) is 4.91 Å². The molecule has 0 saturated carbocycles. The highest BCUT2D eigenvalue weighted by atomic mass is 32.2. The molecule has 0 unspecified atom stereocenters. The van der Waals surface area contributed by atoms with Gasteiger partial charge in [0.2, 0.25) is 5.91 Å². The molecule has 1 aromatic rings. The second-order valence-electron chi connectivity index (χ2n) is 4.65. The molecule has 1 aromatic carbocycles. The molecule has 3 amide bonds. The topological polar surface area (TPSA) is 89.7 Å². The van der Waals surface area contributed by atoms with E-state index in [1.165, 1.54) is 0 Å². The van der Waals surface area contributed by atoms with Gasteiger partial charge in [0, 0.05) is 0 Å². The van der Waals surface area contributed by atoms with Crippen molar-refractivity contribution < 1.29 is 19.1 Å². The number of nitrogens with zero attached hydrogens (tertiary/aromatic N) is 1. The summed E-state index contributed by atoms with van der Waals surface area (Å²) in [4.78, 5) is 35.7. The molecule has 0 spiro atoms. The minimum atomic E-state index is -0.721. The lowest BCUT2D eigenvalue weighted by Gasteiger charge is -2.08. The molecule has 2 rings (SSSR count). The van der Waals surface area contributed by atoms with Crippen molar-refractivity contribution in [2.75, 3.05) is 13.2 Å². The van der Waals surface area contributed by atoms with Gasteiger partial charge in [-0.2, -0.15) is 0 Å². The molecule has 0 aliphatic carbocycles. The minimum Gasteiger partial charge on any atom is -0.494 e. The van der Waals surface area contributed by atoms with Crippen molar-refractivity contribution in [3.63, 3.8) is 0 Å². The van der Waals surface area contributed by atoms with E-state index >= 15 is 0 Å². The molecule has 6 nitrogen and oxygen atoms in total. The van der Waals surface area contributed by atoms with Crippen molar-refractivity contribution in [2.24, 2.45) is 5.73 Å². The van der Waals surface area contributed by atoms with Gasteiger partial charge in [0.25, 0.3) is 11.1 Å². The number of ether oxygens (including phenoxy) is 1. The van der Waals surface area contributed by atoms with Crippen LogP contribution in [0.1, 0.15) is 18.9 Å². The Morgan fingerprint density at radius 2 is 2.00 bits per heavy atom. The first kappa shape index (κ1) is 16.1. The monoisotopic (exact) mass is 320 g/mol.